The monoisotopic (exact) mass is 514 g/mol. The molecule has 1 fully saturated rings. The first-order valence-electron chi connectivity index (χ1n) is 10.6. The summed E-state index contributed by atoms with van der Waals surface area (Å²) in [4.78, 5) is 24.5. The Bertz CT molecular complexity index is 1590. The van der Waals surface area contributed by atoms with Crippen LogP contribution in [0.1, 0.15) is 10.4 Å². The van der Waals surface area contributed by atoms with Crippen LogP contribution in [-0.4, -0.2) is 69.4 Å². The number of ether oxygens (including phenoxy) is 1. The minimum Gasteiger partial charge on any atom is -0.398 e. The van der Waals surface area contributed by atoms with E-state index < -0.39 is 47.2 Å². The van der Waals surface area contributed by atoms with E-state index in [0.29, 0.717) is 5.39 Å². The van der Waals surface area contributed by atoms with Gasteiger partial charge in [-0.15, -0.1) is 0 Å². The Morgan fingerprint density at radius 2 is 1.92 bits per heavy atom. The van der Waals surface area contributed by atoms with Crippen molar-refractivity contribution < 1.29 is 28.2 Å². The van der Waals surface area contributed by atoms with Crippen molar-refractivity contribution in [2.45, 2.75) is 17.9 Å². The molecule has 0 saturated carbocycles. The Kier molecular flexibility index (Phi) is 5.73. The third-order valence-electron chi connectivity index (χ3n) is 5.98. The predicted molar refractivity (Wildman–Crippen MR) is 128 cm³/mol. The van der Waals surface area contributed by atoms with Crippen LogP contribution < -0.4 is 20.9 Å². The Morgan fingerprint density at radius 1 is 1.19 bits per heavy atom. The summed E-state index contributed by atoms with van der Waals surface area (Å²) in [5, 5.41) is 23.4. The number of aliphatic hydroxyl groups is 2. The third kappa shape index (κ3) is 4.08. The van der Waals surface area contributed by atoms with Gasteiger partial charge in [0.05, 0.1) is 18.5 Å². The highest BCUT2D eigenvalue weighted by atomic mass is 32.2. The number of carbonyl (C=O) groups is 1. The molecule has 1 aliphatic rings. The van der Waals surface area contributed by atoms with Gasteiger partial charge in [-0.05, 0) is 22.9 Å². The highest BCUT2D eigenvalue weighted by Crippen LogP contribution is 2.32. The van der Waals surface area contributed by atoms with Gasteiger partial charge in [-0.2, -0.15) is 13.1 Å². The van der Waals surface area contributed by atoms with Crippen LogP contribution in [0.15, 0.2) is 49.1 Å². The fourth-order valence-electron chi connectivity index (χ4n) is 4.08. The number of aliphatic hydroxyl groups excluding tert-OH is 1. The summed E-state index contributed by atoms with van der Waals surface area (Å²) in [6, 6.07) is 10.2. The average molecular weight is 515 g/mol. The molecule has 0 spiro atoms. The van der Waals surface area contributed by atoms with E-state index in [1.54, 1.807) is 18.2 Å². The number of nitrogens with two attached hydrogens (primary N) is 2. The van der Waals surface area contributed by atoms with Crippen LogP contribution in [0, 0.1) is 0 Å². The van der Waals surface area contributed by atoms with Crippen molar-refractivity contribution >= 4 is 49.6 Å². The maximum Gasteiger partial charge on any atom is 0.301 e. The van der Waals surface area contributed by atoms with E-state index in [-0.39, 0.29) is 28.2 Å². The molecule has 36 heavy (non-hydrogen) atoms. The van der Waals surface area contributed by atoms with E-state index in [1.807, 2.05) is 16.9 Å². The summed E-state index contributed by atoms with van der Waals surface area (Å²) in [6.07, 6.45) is -0.342. The van der Waals surface area contributed by atoms with Crippen molar-refractivity contribution in [2.75, 3.05) is 24.6 Å². The highest BCUT2D eigenvalue weighted by molar-refractivity contribution is 7.88. The van der Waals surface area contributed by atoms with Crippen LogP contribution in [0.5, 0.6) is 0 Å². The Balaban J connectivity index is 1.28. The number of carbonyl (C=O) groups excluding carboxylic acids is 1. The van der Waals surface area contributed by atoms with Gasteiger partial charge in [0, 0.05) is 12.2 Å². The summed E-state index contributed by atoms with van der Waals surface area (Å²) < 4.78 is 35.7. The lowest BCUT2D eigenvalue weighted by Gasteiger charge is -2.27. The van der Waals surface area contributed by atoms with E-state index in [2.05, 4.69) is 19.7 Å². The number of nitrogens with zero attached hydrogens (tertiary/aromatic N) is 4. The van der Waals surface area contributed by atoms with Crippen LogP contribution in [0.4, 0.5) is 11.5 Å². The zero-order valence-electron chi connectivity index (χ0n) is 18.6. The molecule has 1 amide bonds. The quantitative estimate of drug-likeness (QED) is 0.168. The summed E-state index contributed by atoms with van der Waals surface area (Å²) in [6.45, 7) is -0.848. The highest BCUT2D eigenvalue weighted by Gasteiger charge is 2.50. The van der Waals surface area contributed by atoms with Gasteiger partial charge in [0.1, 0.15) is 24.1 Å². The van der Waals surface area contributed by atoms with Gasteiger partial charge in [-0.3, -0.25) is 9.36 Å². The smallest absolute Gasteiger partial charge is 0.301 e. The Hall–Kier alpha value is -3.89. The zero-order chi connectivity index (χ0) is 25.7. The average Bonchev–Trinajstić information content (AvgIpc) is 3.40. The number of benzene rings is 2. The topological polar surface area (TPSA) is 221 Å². The molecule has 1 saturated heterocycles. The first-order chi connectivity index (χ1) is 17.1. The molecule has 2 aromatic heterocycles. The van der Waals surface area contributed by atoms with Crippen molar-refractivity contribution in [2.24, 2.45) is 0 Å². The molecular weight excluding hydrogens is 492 g/mol. The van der Waals surface area contributed by atoms with Crippen LogP contribution in [0.2, 0.25) is 0 Å². The summed E-state index contributed by atoms with van der Waals surface area (Å²) in [5.41, 5.74) is 10.2. The molecule has 4 aromatic rings. The molecule has 0 aliphatic carbocycles. The number of anilines is 2. The number of rotatable bonds is 6. The van der Waals surface area contributed by atoms with Gasteiger partial charge in [0.25, 0.3) is 5.91 Å². The van der Waals surface area contributed by atoms with Crippen LogP contribution in [0.3, 0.4) is 0 Å². The number of aromatic nitrogens is 4. The Labute approximate surface area is 204 Å². The molecule has 3 heterocycles. The van der Waals surface area contributed by atoms with Gasteiger partial charge >= 0.3 is 10.2 Å². The van der Waals surface area contributed by atoms with E-state index >= 15 is 0 Å². The largest absolute Gasteiger partial charge is 0.398 e. The van der Waals surface area contributed by atoms with Gasteiger partial charge in [0.15, 0.2) is 17.2 Å². The molecule has 5 rings (SSSR count). The summed E-state index contributed by atoms with van der Waals surface area (Å²) in [7, 11) is -4.38. The zero-order valence-corrected chi connectivity index (χ0v) is 19.4. The SMILES string of the molecule is Nc1cc2ccccc2cc1C(=O)NS(=O)(=O)NC[C@H]1OC[C@](O)(n2cnc3c(N)ncnc32)[C@@H]1O. The van der Waals surface area contributed by atoms with Gasteiger partial charge in [-0.1, -0.05) is 24.3 Å². The van der Waals surface area contributed by atoms with Gasteiger partial charge in [-0.25, -0.2) is 19.7 Å². The minimum absolute atomic E-state index is 0.0150. The predicted octanol–water partition coefficient (Wildman–Crippen LogP) is -1.19. The van der Waals surface area contributed by atoms with E-state index in [0.717, 1.165) is 5.39 Å². The molecule has 1 aliphatic heterocycles. The minimum atomic E-state index is -4.38. The van der Waals surface area contributed by atoms with Crippen molar-refractivity contribution in [1.82, 2.24) is 29.0 Å². The molecule has 2 aromatic carbocycles. The maximum atomic E-state index is 12.6. The van der Waals surface area contributed by atoms with E-state index in [1.165, 1.54) is 23.3 Å². The third-order valence-corrected chi connectivity index (χ3v) is 6.98. The number of fused-ring (bicyclic) bond motifs is 2. The number of hydrogen-bond donors (Lipinski definition) is 6. The number of imidazole rings is 1. The molecule has 15 heteroatoms. The molecule has 188 valence electrons. The lowest BCUT2D eigenvalue weighted by Crippen LogP contribution is -2.50. The van der Waals surface area contributed by atoms with Crippen LogP contribution in [0.25, 0.3) is 21.9 Å². The molecule has 0 unspecified atom stereocenters. The normalized spacial score (nSPS) is 22.3. The van der Waals surface area contributed by atoms with Crippen molar-refractivity contribution in [3.05, 3.63) is 54.6 Å². The number of nitrogen functional groups attached to an aromatic ring is 2. The van der Waals surface area contributed by atoms with Gasteiger partial charge in [0.2, 0.25) is 0 Å². The molecule has 14 nitrogen and oxygen atoms in total. The second-order valence-electron chi connectivity index (χ2n) is 8.29. The fourth-order valence-corrected chi connectivity index (χ4v) is 4.89. The van der Waals surface area contributed by atoms with Crippen molar-refractivity contribution in [1.29, 1.82) is 0 Å². The van der Waals surface area contributed by atoms with Crippen molar-refractivity contribution in [3.8, 4) is 0 Å². The number of amides is 1. The molecular formula is C21H22N8O6S. The lowest BCUT2D eigenvalue weighted by molar-refractivity contribution is -0.107. The molecule has 0 radical (unpaired) electrons. The van der Waals surface area contributed by atoms with E-state index in [4.69, 9.17) is 16.2 Å². The lowest BCUT2D eigenvalue weighted by atomic mass is 10.0. The Morgan fingerprint density at radius 3 is 2.67 bits per heavy atom. The van der Waals surface area contributed by atoms with Crippen LogP contribution >= 0.6 is 0 Å². The van der Waals surface area contributed by atoms with Crippen molar-refractivity contribution in [3.63, 3.8) is 0 Å². The molecule has 0 bridgehead atoms. The second kappa shape index (κ2) is 8.65. The first kappa shape index (κ1) is 23.8. The van der Waals surface area contributed by atoms with Gasteiger partial charge < -0.3 is 26.4 Å². The van der Waals surface area contributed by atoms with Crippen LogP contribution in [-0.2, 0) is 20.7 Å². The number of nitrogens with one attached hydrogen (secondary N) is 2. The number of hydrogen-bond acceptors (Lipinski definition) is 11. The summed E-state index contributed by atoms with van der Waals surface area (Å²) >= 11 is 0. The fraction of sp³-hybridized carbons (Fsp3) is 0.238. The van der Waals surface area contributed by atoms with E-state index in [9.17, 15) is 23.4 Å². The first-order valence-corrected chi connectivity index (χ1v) is 12.1. The summed E-state index contributed by atoms with van der Waals surface area (Å²) in [5.74, 6) is -0.847. The maximum absolute atomic E-state index is 12.6. The standard InChI is InChI=1S/C21H22N8O6S/c22-14-6-12-4-2-1-3-11(12)5-13(14)20(31)28-36(33,34)27-7-15-17(30)21(32,8-35-15)29-10-26-16-18(23)24-9-25-19(16)29/h1-6,9-10,15,17,27,30,32H,7-8,22H2,(H,28,31)(H2,23,24,25)/t15-,17-,21-/m1/s1. The second-order valence-corrected chi connectivity index (χ2v) is 9.79. The molecule has 8 N–H and O–H groups in total. The molecule has 3 atom stereocenters.